The Bertz CT molecular complexity index is 1080. The topological polar surface area (TPSA) is 85.1 Å². The maximum absolute atomic E-state index is 14.3. The van der Waals surface area contributed by atoms with Crippen LogP contribution in [0, 0.1) is 5.82 Å². The highest BCUT2D eigenvalue weighted by atomic mass is 19.1. The molecule has 7 nitrogen and oxygen atoms in total. The van der Waals surface area contributed by atoms with Gasteiger partial charge in [-0.2, -0.15) is 0 Å². The van der Waals surface area contributed by atoms with E-state index >= 15 is 0 Å². The molecule has 0 radical (unpaired) electrons. The average molecular weight is 412 g/mol. The summed E-state index contributed by atoms with van der Waals surface area (Å²) in [6, 6.07) is 7.76. The van der Waals surface area contributed by atoms with Gasteiger partial charge in [0, 0.05) is 36.9 Å². The van der Waals surface area contributed by atoms with Gasteiger partial charge in [-0.1, -0.05) is 0 Å². The Kier molecular flexibility index (Phi) is 4.92. The molecule has 1 aromatic heterocycles. The lowest BCUT2D eigenvalue weighted by Crippen LogP contribution is -2.26. The van der Waals surface area contributed by atoms with Crippen molar-refractivity contribution in [3.63, 3.8) is 0 Å². The highest BCUT2D eigenvalue weighted by Gasteiger charge is 2.27. The molecule has 0 bridgehead atoms. The summed E-state index contributed by atoms with van der Waals surface area (Å²) in [6.07, 6.45) is 3.25. The molecule has 2 N–H and O–H groups in total. The van der Waals surface area contributed by atoms with Crippen molar-refractivity contribution in [3.8, 4) is 28.7 Å². The average Bonchev–Trinajstić information content (AvgIpc) is 2.76. The van der Waals surface area contributed by atoms with Gasteiger partial charge in [-0.05, 0) is 18.2 Å². The summed E-state index contributed by atoms with van der Waals surface area (Å²) >= 11 is 0. The first-order valence-corrected chi connectivity index (χ1v) is 9.87. The second kappa shape index (κ2) is 7.87. The summed E-state index contributed by atoms with van der Waals surface area (Å²) < 4.78 is 43.6. The third kappa shape index (κ3) is 3.54. The summed E-state index contributed by atoms with van der Waals surface area (Å²) in [5.41, 5.74) is 6.56. The van der Waals surface area contributed by atoms with Gasteiger partial charge < -0.3 is 29.4 Å². The van der Waals surface area contributed by atoms with E-state index < -0.39 is 5.82 Å². The van der Waals surface area contributed by atoms with Crippen LogP contribution in [0.3, 0.4) is 0 Å². The number of halogens is 1. The predicted molar refractivity (Wildman–Crippen MR) is 108 cm³/mol. The summed E-state index contributed by atoms with van der Waals surface area (Å²) in [4.78, 5) is 4.45. The Morgan fingerprint density at radius 2 is 1.73 bits per heavy atom. The molecule has 0 unspecified atom stereocenters. The maximum Gasteiger partial charge on any atom is 0.204 e. The molecule has 3 aromatic rings. The van der Waals surface area contributed by atoms with Gasteiger partial charge in [0.1, 0.15) is 25.1 Å². The van der Waals surface area contributed by atoms with Gasteiger partial charge in [-0.25, -0.2) is 4.39 Å². The molecule has 2 aliphatic heterocycles. The SMILES string of the molecule is Nc1ccc(Oc2ccnc3cc(OC4CCOCC4)c4c(c23)OCCO4)c(F)c1. The number of nitrogens with two attached hydrogens (primary N) is 1. The van der Waals surface area contributed by atoms with Crippen molar-refractivity contribution in [3.05, 3.63) is 42.3 Å². The molecule has 0 spiro atoms. The first kappa shape index (κ1) is 18.7. The zero-order chi connectivity index (χ0) is 20.5. The number of anilines is 1. The van der Waals surface area contributed by atoms with Gasteiger partial charge in [-0.15, -0.1) is 0 Å². The second-order valence-corrected chi connectivity index (χ2v) is 7.15. The van der Waals surface area contributed by atoms with Gasteiger partial charge in [0.05, 0.1) is 24.1 Å². The third-order valence-electron chi connectivity index (χ3n) is 5.08. The molecule has 156 valence electrons. The van der Waals surface area contributed by atoms with E-state index in [-0.39, 0.29) is 11.9 Å². The van der Waals surface area contributed by atoms with Crippen LogP contribution in [0.15, 0.2) is 36.5 Å². The van der Waals surface area contributed by atoms with Crippen LogP contribution < -0.4 is 24.7 Å². The normalized spacial score (nSPS) is 16.4. The lowest BCUT2D eigenvalue weighted by Gasteiger charge is -2.27. The smallest absolute Gasteiger partial charge is 0.204 e. The Morgan fingerprint density at radius 1 is 0.933 bits per heavy atom. The zero-order valence-corrected chi connectivity index (χ0v) is 16.2. The van der Waals surface area contributed by atoms with Crippen LogP contribution >= 0.6 is 0 Å². The summed E-state index contributed by atoms with van der Waals surface area (Å²) in [6.45, 7) is 2.13. The van der Waals surface area contributed by atoms with Crippen molar-refractivity contribution in [2.75, 3.05) is 32.2 Å². The summed E-state index contributed by atoms with van der Waals surface area (Å²) in [7, 11) is 0. The number of pyridine rings is 1. The van der Waals surface area contributed by atoms with E-state index in [9.17, 15) is 4.39 Å². The lowest BCUT2D eigenvalue weighted by atomic mass is 10.1. The standard InChI is InChI=1S/C22H21FN2O5/c23-15-11-13(24)1-2-17(15)30-18-3-6-25-16-12-19(29-14-4-7-26-8-5-14)21-22(20(16)18)28-10-9-27-21/h1-3,6,11-12,14H,4-5,7-10,24H2. The molecule has 2 aliphatic rings. The number of benzene rings is 2. The third-order valence-corrected chi connectivity index (χ3v) is 5.08. The van der Waals surface area contributed by atoms with E-state index in [1.807, 2.05) is 6.07 Å². The molecule has 1 saturated heterocycles. The molecule has 8 heteroatoms. The number of hydrogen-bond donors (Lipinski definition) is 1. The molecule has 3 heterocycles. The molecular weight excluding hydrogens is 391 g/mol. The minimum Gasteiger partial charge on any atom is -0.486 e. The number of rotatable bonds is 4. The van der Waals surface area contributed by atoms with E-state index in [4.69, 9.17) is 29.4 Å². The largest absolute Gasteiger partial charge is 0.486 e. The molecule has 30 heavy (non-hydrogen) atoms. The fourth-order valence-corrected chi connectivity index (χ4v) is 3.64. The van der Waals surface area contributed by atoms with Crippen molar-refractivity contribution in [2.45, 2.75) is 18.9 Å². The van der Waals surface area contributed by atoms with Gasteiger partial charge in [-0.3, -0.25) is 4.98 Å². The number of nitrogens with zero attached hydrogens (tertiary/aromatic N) is 1. The molecule has 0 amide bonds. The maximum atomic E-state index is 14.3. The number of fused-ring (bicyclic) bond motifs is 3. The van der Waals surface area contributed by atoms with Gasteiger partial charge in [0.15, 0.2) is 23.1 Å². The highest BCUT2D eigenvalue weighted by molar-refractivity contribution is 5.95. The molecule has 0 aliphatic carbocycles. The van der Waals surface area contributed by atoms with Crippen LogP contribution in [0.4, 0.5) is 10.1 Å². The minimum atomic E-state index is -0.550. The van der Waals surface area contributed by atoms with Crippen molar-refractivity contribution in [1.82, 2.24) is 4.98 Å². The van der Waals surface area contributed by atoms with Gasteiger partial charge >= 0.3 is 0 Å². The van der Waals surface area contributed by atoms with E-state index in [0.29, 0.717) is 66.0 Å². The van der Waals surface area contributed by atoms with E-state index in [0.717, 1.165) is 12.8 Å². The van der Waals surface area contributed by atoms with E-state index in [2.05, 4.69) is 4.98 Å². The monoisotopic (exact) mass is 412 g/mol. The first-order chi connectivity index (χ1) is 14.7. The van der Waals surface area contributed by atoms with Crippen molar-refractivity contribution in [2.24, 2.45) is 0 Å². The van der Waals surface area contributed by atoms with Crippen molar-refractivity contribution >= 4 is 16.6 Å². The molecule has 5 rings (SSSR count). The fourth-order valence-electron chi connectivity index (χ4n) is 3.64. The lowest BCUT2D eigenvalue weighted by molar-refractivity contribution is 0.0234. The minimum absolute atomic E-state index is 0.0362. The molecular formula is C22H21FN2O5. The van der Waals surface area contributed by atoms with Crippen molar-refractivity contribution in [1.29, 1.82) is 0 Å². The molecule has 2 aromatic carbocycles. The molecule has 0 saturated carbocycles. The quantitative estimate of drug-likeness (QED) is 0.647. The summed E-state index contributed by atoms with van der Waals surface area (Å²) in [5.74, 6) is 1.49. The van der Waals surface area contributed by atoms with Crippen LogP contribution in [0.2, 0.25) is 0 Å². The molecule has 1 fully saturated rings. The van der Waals surface area contributed by atoms with Crippen LogP contribution in [0.25, 0.3) is 10.9 Å². The van der Waals surface area contributed by atoms with E-state index in [1.54, 1.807) is 18.3 Å². The Balaban J connectivity index is 1.58. The highest BCUT2D eigenvalue weighted by Crippen LogP contribution is 2.49. The van der Waals surface area contributed by atoms with Crippen LogP contribution in [-0.4, -0.2) is 37.5 Å². The number of aromatic nitrogens is 1. The molecule has 0 atom stereocenters. The Morgan fingerprint density at radius 3 is 2.53 bits per heavy atom. The van der Waals surface area contributed by atoms with E-state index in [1.165, 1.54) is 12.1 Å². The van der Waals surface area contributed by atoms with Crippen molar-refractivity contribution < 1.29 is 28.1 Å². The van der Waals surface area contributed by atoms with Gasteiger partial charge in [0.25, 0.3) is 0 Å². The second-order valence-electron chi connectivity index (χ2n) is 7.15. The Hall–Kier alpha value is -3.26. The van der Waals surface area contributed by atoms with Gasteiger partial charge in [0.2, 0.25) is 5.75 Å². The zero-order valence-electron chi connectivity index (χ0n) is 16.2. The Labute approximate surface area is 172 Å². The number of nitrogen functional groups attached to an aromatic ring is 1. The van der Waals surface area contributed by atoms with Crippen LogP contribution in [0.5, 0.6) is 28.7 Å². The number of ether oxygens (including phenoxy) is 5. The summed E-state index contributed by atoms with van der Waals surface area (Å²) in [5, 5.41) is 0.600. The van der Waals surface area contributed by atoms with Crippen LogP contribution in [-0.2, 0) is 4.74 Å². The fraction of sp³-hybridized carbons (Fsp3) is 0.318. The first-order valence-electron chi connectivity index (χ1n) is 9.87. The predicted octanol–water partition coefficient (Wildman–Crippen LogP) is 4.08. The number of hydrogen-bond acceptors (Lipinski definition) is 7. The van der Waals surface area contributed by atoms with Crippen LogP contribution in [0.1, 0.15) is 12.8 Å².